The molecule has 1 aromatic carbocycles. The molecule has 116 valence electrons. The predicted molar refractivity (Wildman–Crippen MR) is 83.6 cm³/mol. The maximum absolute atomic E-state index is 12.0. The van der Waals surface area contributed by atoms with Crippen LogP contribution in [-0.2, 0) is 6.42 Å². The lowest BCUT2D eigenvalue weighted by Gasteiger charge is -2.04. The highest BCUT2D eigenvalue weighted by Gasteiger charge is 2.22. The van der Waals surface area contributed by atoms with Gasteiger partial charge >= 0.3 is 0 Å². The molecule has 22 heavy (non-hydrogen) atoms. The molecule has 0 spiro atoms. The third-order valence-electron chi connectivity index (χ3n) is 3.88. The number of hydrogen-bond donors (Lipinski definition) is 2. The first-order valence-electron chi connectivity index (χ1n) is 7.84. The first-order chi connectivity index (χ1) is 10.8. The van der Waals surface area contributed by atoms with Crippen molar-refractivity contribution in [3.05, 3.63) is 53.7 Å². The van der Waals surface area contributed by atoms with Crippen molar-refractivity contribution in [3.8, 4) is 0 Å². The van der Waals surface area contributed by atoms with Crippen molar-refractivity contribution in [1.29, 1.82) is 0 Å². The number of oxazole rings is 1. The molecule has 2 N–H and O–H groups in total. The standard InChI is InChI=1S/C17H21N3O2/c21-16(19-11-4-8-13-6-2-1-3-7-13)15-12-22-17(20-15)14-9-5-10-18-14/h1-3,6-7,12,14,18H,4-5,8-11H2,(H,19,21). The summed E-state index contributed by atoms with van der Waals surface area (Å²) in [4.78, 5) is 16.3. The number of aromatic nitrogens is 1. The molecule has 1 aromatic heterocycles. The number of carbonyl (C=O) groups is 1. The summed E-state index contributed by atoms with van der Waals surface area (Å²) in [5.74, 6) is 0.452. The van der Waals surface area contributed by atoms with E-state index in [2.05, 4.69) is 27.8 Å². The molecule has 1 atom stereocenters. The lowest BCUT2D eigenvalue weighted by molar-refractivity contribution is 0.0948. The van der Waals surface area contributed by atoms with Crippen LogP contribution >= 0.6 is 0 Å². The van der Waals surface area contributed by atoms with Gasteiger partial charge in [0.1, 0.15) is 6.26 Å². The average Bonchev–Trinajstić information content (AvgIpc) is 3.22. The number of rotatable bonds is 6. The highest BCUT2D eigenvalue weighted by Crippen LogP contribution is 2.22. The molecular weight excluding hydrogens is 278 g/mol. The summed E-state index contributed by atoms with van der Waals surface area (Å²) in [6, 6.07) is 10.4. The number of benzene rings is 1. The van der Waals surface area contributed by atoms with Crippen LogP contribution in [0, 0.1) is 0 Å². The molecule has 1 amide bonds. The van der Waals surface area contributed by atoms with E-state index in [1.54, 1.807) is 0 Å². The summed E-state index contributed by atoms with van der Waals surface area (Å²) in [5, 5.41) is 6.20. The molecular formula is C17H21N3O2. The van der Waals surface area contributed by atoms with Crippen LogP contribution in [-0.4, -0.2) is 24.0 Å². The maximum Gasteiger partial charge on any atom is 0.273 e. The second-order valence-electron chi connectivity index (χ2n) is 5.56. The van der Waals surface area contributed by atoms with Crippen molar-refractivity contribution in [2.75, 3.05) is 13.1 Å². The summed E-state index contributed by atoms with van der Waals surface area (Å²) in [6.07, 6.45) is 5.44. The first-order valence-corrected chi connectivity index (χ1v) is 7.84. The first kappa shape index (κ1) is 14.8. The zero-order chi connectivity index (χ0) is 15.2. The molecule has 2 heterocycles. The van der Waals surface area contributed by atoms with E-state index in [4.69, 9.17) is 4.42 Å². The van der Waals surface area contributed by atoms with Gasteiger partial charge in [-0.1, -0.05) is 30.3 Å². The van der Waals surface area contributed by atoms with Gasteiger partial charge in [-0.3, -0.25) is 4.79 Å². The van der Waals surface area contributed by atoms with Gasteiger partial charge in [0.25, 0.3) is 5.91 Å². The molecule has 0 radical (unpaired) electrons. The molecule has 1 unspecified atom stereocenters. The quantitative estimate of drug-likeness (QED) is 0.804. The van der Waals surface area contributed by atoms with Gasteiger partial charge in [0, 0.05) is 6.54 Å². The normalized spacial score (nSPS) is 17.5. The van der Waals surface area contributed by atoms with Crippen molar-refractivity contribution in [1.82, 2.24) is 15.6 Å². The number of aryl methyl sites for hydroxylation is 1. The molecule has 1 aliphatic heterocycles. The fourth-order valence-electron chi connectivity index (χ4n) is 2.68. The SMILES string of the molecule is O=C(NCCCc1ccccc1)c1coc(C2CCCN2)n1. The van der Waals surface area contributed by atoms with Crippen molar-refractivity contribution in [2.45, 2.75) is 31.7 Å². The van der Waals surface area contributed by atoms with Gasteiger partial charge in [-0.15, -0.1) is 0 Å². The Morgan fingerprint density at radius 1 is 1.36 bits per heavy atom. The molecule has 0 bridgehead atoms. The number of amides is 1. The van der Waals surface area contributed by atoms with Crippen molar-refractivity contribution in [2.24, 2.45) is 0 Å². The van der Waals surface area contributed by atoms with E-state index >= 15 is 0 Å². The van der Waals surface area contributed by atoms with Gasteiger partial charge in [-0.25, -0.2) is 4.98 Å². The molecule has 3 rings (SSSR count). The highest BCUT2D eigenvalue weighted by atomic mass is 16.3. The van der Waals surface area contributed by atoms with Gasteiger partial charge in [0.15, 0.2) is 5.69 Å². The summed E-state index contributed by atoms with van der Waals surface area (Å²) in [6.45, 7) is 1.62. The summed E-state index contributed by atoms with van der Waals surface area (Å²) in [7, 11) is 0. The zero-order valence-corrected chi connectivity index (χ0v) is 12.5. The monoisotopic (exact) mass is 299 g/mol. The Morgan fingerprint density at radius 3 is 3.00 bits per heavy atom. The van der Waals surface area contributed by atoms with Gasteiger partial charge in [-0.05, 0) is 37.8 Å². The lowest BCUT2D eigenvalue weighted by atomic mass is 10.1. The molecule has 5 heteroatoms. The molecule has 0 aliphatic carbocycles. The summed E-state index contributed by atoms with van der Waals surface area (Å²) >= 11 is 0. The van der Waals surface area contributed by atoms with E-state index < -0.39 is 0 Å². The van der Waals surface area contributed by atoms with Gasteiger partial charge in [0.05, 0.1) is 6.04 Å². The molecule has 5 nitrogen and oxygen atoms in total. The minimum atomic E-state index is -0.166. The topological polar surface area (TPSA) is 67.2 Å². The Bertz CT molecular complexity index is 603. The Morgan fingerprint density at radius 2 is 2.23 bits per heavy atom. The van der Waals surface area contributed by atoms with Crippen molar-refractivity contribution < 1.29 is 9.21 Å². The fourth-order valence-corrected chi connectivity index (χ4v) is 2.68. The number of nitrogens with zero attached hydrogens (tertiary/aromatic N) is 1. The fraction of sp³-hybridized carbons (Fsp3) is 0.412. The minimum Gasteiger partial charge on any atom is -0.446 e. The van der Waals surface area contributed by atoms with Crippen molar-refractivity contribution in [3.63, 3.8) is 0 Å². The van der Waals surface area contributed by atoms with Crippen LogP contribution < -0.4 is 10.6 Å². The highest BCUT2D eigenvalue weighted by molar-refractivity contribution is 5.91. The van der Waals surface area contributed by atoms with E-state index in [-0.39, 0.29) is 11.9 Å². The Hall–Kier alpha value is -2.14. The predicted octanol–water partition coefficient (Wildman–Crippen LogP) is 2.46. The van der Waals surface area contributed by atoms with Crippen molar-refractivity contribution >= 4 is 5.91 Å². The van der Waals surface area contributed by atoms with E-state index in [1.807, 2.05) is 18.2 Å². The van der Waals surface area contributed by atoms with E-state index in [1.165, 1.54) is 11.8 Å². The summed E-state index contributed by atoms with van der Waals surface area (Å²) in [5.41, 5.74) is 1.65. The molecule has 2 aromatic rings. The van der Waals surface area contributed by atoms with E-state index in [0.29, 0.717) is 18.1 Å². The second-order valence-corrected chi connectivity index (χ2v) is 5.56. The molecule has 1 aliphatic rings. The Balaban J connectivity index is 1.44. The number of hydrogen-bond acceptors (Lipinski definition) is 4. The molecule has 1 saturated heterocycles. The third kappa shape index (κ3) is 3.74. The Kier molecular flexibility index (Phi) is 4.85. The number of carbonyl (C=O) groups excluding carboxylic acids is 1. The van der Waals surface area contributed by atoms with Crippen LogP contribution in [0.4, 0.5) is 0 Å². The third-order valence-corrected chi connectivity index (χ3v) is 3.88. The van der Waals surface area contributed by atoms with E-state index in [9.17, 15) is 4.79 Å². The average molecular weight is 299 g/mol. The van der Waals surface area contributed by atoms with Crippen LogP contribution in [0.15, 0.2) is 41.0 Å². The molecule has 0 saturated carbocycles. The Labute approximate surface area is 130 Å². The van der Waals surface area contributed by atoms with Crippen LogP contribution in [0.3, 0.4) is 0 Å². The smallest absolute Gasteiger partial charge is 0.273 e. The van der Waals surface area contributed by atoms with Crippen LogP contribution in [0.2, 0.25) is 0 Å². The van der Waals surface area contributed by atoms with Crippen LogP contribution in [0.1, 0.15) is 47.2 Å². The number of nitrogens with one attached hydrogen (secondary N) is 2. The maximum atomic E-state index is 12.0. The zero-order valence-electron chi connectivity index (χ0n) is 12.5. The van der Waals surface area contributed by atoms with Crippen LogP contribution in [0.5, 0.6) is 0 Å². The van der Waals surface area contributed by atoms with Gasteiger partial charge < -0.3 is 15.1 Å². The van der Waals surface area contributed by atoms with Gasteiger partial charge in [-0.2, -0.15) is 0 Å². The van der Waals surface area contributed by atoms with Crippen LogP contribution in [0.25, 0.3) is 0 Å². The van der Waals surface area contributed by atoms with E-state index in [0.717, 1.165) is 32.2 Å². The minimum absolute atomic E-state index is 0.152. The van der Waals surface area contributed by atoms with Gasteiger partial charge in [0.2, 0.25) is 5.89 Å². The largest absolute Gasteiger partial charge is 0.446 e. The molecule has 1 fully saturated rings. The lowest BCUT2D eigenvalue weighted by Crippen LogP contribution is -2.25. The second kappa shape index (κ2) is 7.22. The summed E-state index contributed by atoms with van der Waals surface area (Å²) < 4.78 is 5.41.